The molecule has 122 valence electrons. The van der Waals surface area contributed by atoms with E-state index in [9.17, 15) is 14.4 Å². The third-order valence-corrected chi connectivity index (χ3v) is 4.77. The Bertz CT molecular complexity index is 492. The smallest absolute Gasteiger partial charge is 0.333 e. The van der Waals surface area contributed by atoms with Crippen LogP contribution in [0.1, 0.15) is 26.7 Å². The molecule has 0 radical (unpaired) electrons. The minimum Gasteiger partial charge on any atom is -0.463 e. The molecule has 2 fully saturated rings. The maximum atomic E-state index is 12.4. The third-order valence-electron chi connectivity index (χ3n) is 3.74. The summed E-state index contributed by atoms with van der Waals surface area (Å²) in [6.45, 7) is 5.63. The predicted octanol–water partition coefficient (Wildman–Crippen LogP) is 1.22. The van der Waals surface area contributed by atoms with Gasteiger partial charge in [0, 0.05) is 13.1 Å². The number of carbonyl (C=O) groups is 3. The topological polar surface area (TPSA) is 66.9 Å². The normalized spacial score (nSPS) is 24.0. The van der Waals surface area contributed by atoms with Gasteiger partial charge in [-0.3, -0.25) is 14.5 Å². The van der Waals surface area contributed by atoms with Gasteiger partial charge in [-0.2, -0.15) is 0 Å². The fourth-order valence-electron chi connectivity index (χ4n) is 2.64. The van der Waals surface area contributed by atoms with Crippen molar-refractivity contribution in [3.8, 4) is 0 Å². The van der Waals surface area contributed by atoms with Crippen LogP contribution in [0.15, 0.2) is 11.1 Å². The first kappa shape index (κ1) is 16.9. The molecule has 0 saturated carbocycles. The number of thioether (sulfide) groups is 1. The molecule has 0 aromatic heterocycles. The fraction of sp³-hybridized carbons (Fsp3) is 0.667. The van der Waals surface area contributed by atoms with Crippen LogP contribution in [-0.4, -0.2) is 59.6 Å². The van der Waals surface area contributed by atoms with Gasteiger partial charge in [0.05, 0.1) is 23.5 Å². The predicted molar refractivity (Wildman–Crippen MR) is 83.9 cm³/mol. The molecule has 2 saturated heterocycles. The number of nitrogens with zero attached hydrogens (tertiary/aromatic N) is 2. The first-order valence-corrected chi connectivity index (χ1v) is 8.59. The van der Waals surface area contributed by atoms with E-state index in [2.05, 4.69) is 6.92 Å². The van der Waals surface area contributed by atoms with E-state index in [1.165, 1.54) is 22.7 Å². The Labute approximate surface area is 134 Å². The van der Waals surface area contributed by atoms with E-state index in [0.717, 1.165) is 25.9 Å². The highest BCUT2D eigenvalue weighted by Gasteiger charge is 2.31. The number of ether oxygens (including phenoxy) is 1. The lowest BCUT2D eigenvalue weighted by atomic mass is 10.0. The minimum atomic E-state index is -0.483. The SMILES string of the molecule is CCOC(=O)/C=C1\SCC(=O)N1CC(=O)N1CCCC(C)C1. The van der Waals surface area contributed by atoms with Gasteiger partial charge in [-0.05, 0) is 25.7 Å². The number of esters is 1. The average Bonchev–Trinajstić information content (AvgIpc) is 2.80. The molecule has 1 unspecified atom stereocenters. The van der Waals surface area contributed by atoms with Crippen molar-refractivity contribution in [1.82, 2.24) is 9.80 Å². The van der Waals surface area contributed by atoms with Crippen LogP contribution in [0.5, 0.6) is 0 Å². The molecular weight excluding hydrogens is 304 g/mol. The summed E-state index contributed by atoms with van der Waals surface area (Å²) in [5.41, 5.74) is 0. The number of hydrogen-bond acceptors (Lipinski definition) is 5. The van der Waals surface area contributed by atoms with Crippen LogP contribution in [0.4, 0.5) is 0 Å². The number of hydrogen-bond donors (Lipinski definition) is 0. The Morgan fingerprint density at radius 3 is 2.91 bits per heavy atom. The van der Waals surface area contributed by atoms with Gasteiger partial charge in [-0.25, -0.2) is 4.79 Å². The summed E-state index contributed by atoms with van der Waals surface area (Å²) in [5.74, 6) is 0.0744. The highest BCUT2D eigenvalue weighted by molar-refractivity contribution is 8.04. The van der Waals surface area contributed by atoms with Gasteiger partial charge in [-0.1, -0.05) is 18.7 Å². The molecule has 0 aromatic carbocycles. The summed E-state index contributed by atoms with van der Waals surface area (Å²) in [5, 5.41) is 0.502. The summed E-state index contributed by atoms with van der Waals surface area (Å²) in [7, 11) is 0. The summed E-state index contributed by atoms with van der Waals surface area (Å²) < 4.78 is 4.86. The van der Waals surface area contributed by atoms with Crippen molar-refractivity contribution >= 4 is 29.5 Å². The van der Waals surface area contributed by atoms with E-state index in [1.54, 1.807) is 6.92 Å². The van der Waals surface area contributed by atoms with Crippen molar-refractivity contribution in [1.29, 1.82) is 0 Å². The molecule has 22 heavy (non-hydrogen) atoms. The molecule has 0 aliphatic carbocycles. The first-order chi connectivity index (χ1) is 10.5. The quantitative estimate of drug-likeness (QED) is 0.574. The van der Waals surface area contributed by atoms with Crippen molar-refractivity contribution in [3.05, 3.63) is 11.1 Å². The molecule has 0 N–H and O–H groups in total. The van der Waals surface area contributed by atoms with Crippen LogP contribution in [0, 0.1) is 5.92 Å². The maximum absolute atomic E-state index is 12.4. The Hall–Kier alpha value is -1.50. The van der Waals surface area contributed by atoms with E-state index in [-0.39, 0.29) is 30.7 Å². The van der Waals surface area contributed by atoms with Crippen LogP contribution < -0.4 is 0 Å². The molecule has 2 rings (SSSR count). The van der Waals surface area contributed by atoms with Gasteiger partial charge >= 0.3 is 5.97 Å². The minimum absolute atomic E-state index is 0.00376. The van der Waals surface area contributed by atoms with Gasteiger partial charge < -0.3 is 9.64 Å². The number of rotatable bonds is 4. The van der Waals surface area contributed by atoms with Crippen molar-refractivity contribution < 1.29 is 19.1 Å². The molecule has 2 heterocycles. The number of piperidine rings is 1. The molecule has 0 aromatic rings. The van der Waals surface area contributed by atoms with Crippen molar-refractivity contribution in [2.75, 3.05) is 32.0 Å². The lowest BCUT2D eigenvalue weighted by Gasteiger charge is -2.32. The van der Waals surface area contributed by atoms with Gasteiger partial charge in [0.1, 0.15) is 6.54 Å². The maximum Gasteiger partial charge on any atom is 0.333 e. The molecule has 2 amide bonds. The van der Waals surface area contributed by atoms with Crippen molar-refractivity contribution in [2.45, 2.75) is 26.7 Å². The van der Waals surface area contributed by atoms with Gasteiger partial charge in [0.15, 0.2) is 0 Å². The van der Waals surface area contributed by atoms with E-state index < -0.39 is 5.97 Å². The Balaban J connectivity index is 2.00. The third kappa shape index (κ3) is 4.25. The van der Waals surface area contributed by atoms with Gasteiger partial charge in [-0.15, -0.1) is 0 Å². The molecule has 0 spiro atoms. The van der Waals surface area contributed by atoms with Crippen LogP contribution in [0.2, 0.25) is 0 Å². The number of likely N-dealkylation sites (tertiary alicyclic amines) is 1. The van der Waals surface area contributed by atoms with Gasteiger partial charge in [0.2, 0.25) is 11.8 Å². The van der Waals surface area contributed by atoms with Crippen LogP contribution in [0.3, 0.4) is 0 Å². The highest BCUT2D eigenvalue weighted by Crippen LogP contribution is 2.29. The zero-order chi connectivity index (χ0) is 16.1. The second kappa shape index (κ2) is 7.67. The van der Waals surface area contributed by atoms with E-state index >= 15 is 0 Å². The lowest BCUT2D eigenvalue weighted by Crippen LogP contribution is -2.44. The lowest BCUT2D eigenvalue weighted by molar-refractivity contribution is -0.139. The van der Waals surface area contributed by atoms with Crippen LogP contribution in [0.25, 0.3) is 0 Å². The summed E-state index contributed by atoms with van der Waals surface area (Å²) in [4.78, 5) is 39.1. The van der Waals surface area contributed by atoms with E-state index in [1.807, 2.05) is 4.90 Å². The Morgan fingerprint density at radius 2 is 2.23 bits per heavy atom. The van der Waals surface area contributed by atoms with Crippen molar-refractivity contribution in [3.63, 3.8) is 0 Å². The molecule has 7 heteroatoms. The molecule has 6 nitrogen and oxygen atoms in total. The molecule has 1 atom stereocenters. The highest BCUT2D eigenvalue weighted by atomic mass is 32.2. The van der Waals surface area contributed by atoms with E-state index in [0.29, 0.717) is 10.9 Å². The van der Waals surface area contributed by atoms with Crippen LogP contribution >= 0.6 is 11.8 Å². The van der Waals surface area contributed by atoms with Crippen LogP contribution in [-0.2, 0) is 19.1 Å². The monoisotopic (exact) mass is 326 g/mol. The second-order valence-electron chi connectivity index (χ2n) is 5.59. The number of amides is 2. The second-order valence-corrected chi connectivity index (χ2v) is 6.59. The fourth-order valence-corrected chi connectivity index (χ4v) is 3.56. The average molecular weight is 326 g/mol. The zero-order valence-corrected chi connectivity index (χ0v) is 13.9. The Kier molecular flexibility index (Phi) is 5.88. The molecular formula is C15H22N2O4S. The molecule has 0 bridgehead atoms. The Morgan fingerprint density at radius 1 is 1.45 bits per heavy atom. The molecule has 2 aliphatic heterocycles. The molecule has 2 aliphatic rings. The van der Waals surface area contributed by atoms with Crippen molar-refractivity contribution in [2.24, 2.45) is 5.92 Å². The zero-order valence-electron chi connectivity index (χ0n) is 13.0. The summed E-state index contributed by atoms with van der Waals surface area (Å²) >= 11 is 1.27. The summed E-state index contributed by atoms with van der Waals surface area (Å²) in [6.07, 6.45) is 3.43. The largest absolute Gasteiger partial charge is 0.463 e. The summed E-state index contributed by atoms with van der Waals surface area (Å²) in [6, 6.07) is 0. The first-order valence-electron chi connectivity index (χ1n) is 7.60. The van der Waals surface area contributed by atoms with E-state index in [4.69, 9.17) is 4.74 Å². The standard InChI is InChI=1S/C15H22N2O4S/c1-3-21-15(20)7-14-17(13(19)10-22-14)9-12(18)16-6-4-5-11(2)8-16/h7,11H,3-6,8-10H2,1-2H3/b14-7-. The van der Waals surface area contributed by atoms with Gasteiger partial charge in [0.25, 0.3) is 0 Å². The number of carbonyl (C=O) groups excluding carboxylic acids is 3.